The van der Waals surface area contributed by atoms with Gasteiger partial charge in [0.15, 0.2) is 0 Å². The molecule has 0 radical (unpaired) electrons. The zero-order chi connectivity index (χ0) is 22.2. The Morgan fingerprint density at radius 2 is 1.84 bits per heavy atom. The van der Waals surface area contributed by atoms with E-state index >= 15 is 0 Å². The molecule has 1 saturated carbocycles. The van der Waals surface area contributed by atoms with E-state index in [2.05, 4.69) is 47.1 Å². The number of nitrogens with zero attached hydrogens (tertiary/aromatic N) is 2. The Hall–Kier alpha value is -2.82. The van der Waals surface area contributed by atoms with Gasteiger partial charge in [0.1, 0.15) is 11.6 Å². The van der Waals surface area contributed by atoms with Crippen molar-refractivity contribution >= 4 is 16.9 Å². The SMILES string of the molecule is Cc1ccc(OCCCn2c(CCCNC(=O)C3CCCCC3)nc3ccccc32)cc1. The average Bonchev–Trinajstić information content (AvgIpc) is 3.18. The molecule has 0 bridgehead atoms. The summed E-state index contributed by atoms with van der Waals surface area (Å²) in [6.45, 7) is 4.34. The number of aromatic nitrogens is 2. The number of carbonyl (C=O) groups excluding carboxylic acids is 1. The van der Waals surface area contributed by atoms with Gasteiger partial charge in [-0.25, -0.2) is 4.98 Å². The van der Waals surface area contributed by atoms with Crippen LogP contribution in [-0.4, -0.2) is 28.6 Å². The molecular formula is C27H35N3O2. The first-order chi connectivity index (χ1) is 15.7. The monoisotopic (exact) mass is 433 g/mol. The maximum absolute atomic E-state index is 12.4. The zero-order valence-electron chi connectivity index (χ0n) is 19.2. The lowest BCUT2D eigenvalue weighted by atomic mass is 9.89. The Labute approximate surface area is 191 Å². The smallest absolute Gasteiger partial charge is 0.223 e. The molecule has 4 rings (SSSR count). The van der Waals surface area contributed by atoms with E-state index in [0.29, 0.717) is 6.61 Å². The van der Waals surface area contributed by atoms with E-state index in [0.717, 1.165) is 62.3 Å². The normalized spacial score (nSPS) is 14.5. The van der Waals surface area contributed by atoms with Gasteiger partial charge in [-0.3, -0.25) is 4.79 Å². The number of amides is 1. The van der Waals surface area contributed by atoms with Crippen LogP contribution in [0.2, 0.25) is 0 Å². The molecule has 2 aromatic carbocycles. The molecule has 1 aliphatic carbocycles. The summed E-state index contributed by atoms with van der Waals surface area (Å²) < 4.78 is 8.23. The number of fused-ring (bicyclic) bond motifs is 1. The molecule has 1 heterocycles. The van der Waals surface area contributed by atoms with Gasteiger partial charge in [-0.15, -0.1) is 0 Å². The van der Waals surface area contributed by atoms with Crippen LogP contribution in [0.15, 0.2) is 48.5 Å². The second kappa shape index (κ2) is 11.2. The van der Waals surface area contributed by atoms with Crippen LogP contribution in [-0.2, 0) is 17.8 Å². The van der Waals surface area contributed by atoms with Crippen molar-refractivity contribution in [3.8, 4) is 5.75 Å². The van der Waals surface area contributed by atoms with Crippen LogP contribution in [0, 0.1) is 12.8 Å². The number of nitrogens with one attached hydrogen (secondary N) is 1. The highest BCUT2D eigenvalue weighted by atomic mass is 16.5. The Balaban J connectivity index is 1.29. The number of rotatable bonds is 10. The van der Waals surface area contributed by atoms with Crippen molar-refractivity contribution in [2.45, 2.75) is 64.8 Å². The number of carbonyl (C=O) groups is 1. The number of benzene rings is 2. The van der Waals surface area contributed by atoms with Gasteiger partial charge in [0.2, 0.25) is 5.91 Å². The van der Waals surface area contributed by atoms with Gasteiger partial charge in [-0.05, 0) is 56.9 Å². The number of imidazole rings is 1. The van der Waals surface area contributed by atoms with E-state index in [9.17, 15) is 4.79 Å². The molecule has 0 spiro atoms. The standard InChI is InChI=1S/C27H35N3O2/c1-21-14-16-23(17-15-21)32-20-8-19-30-25-12-6-5-11-24(25)29-26(30)13-7-18-28-27(31)22-9-3-2-4-10-22/h5-6,11-12,14-17,22H,2-4,7-10,13,18-20H2,1H3,(H,28,31). The van der Waals surface area contributed by atoms with Gasteiger partial charge >= 0.3 is 0 Å². The highest BCUT2D eigenvalue weighted by molar-refractivity contribution is 5.78. The quantitative estimate of drug-likeness (QED) is 0.433. The summed E-state index contributed by atoms with van der Waals surface area (Å²) in [5.74, 6) is 2.47. The molecule has 1 amide bonds. The second-order valence-corrected chi connectivity index (χ2v) is 8.91. The van der Waals surface area contributed by atoms with Crippen molar-refractivity contribution in [1.82, 2.24) is 14.9 Å². The number of para-hydroxylation sites is 2. The van der Waals surface area contributed by atoms with E-state index in [1.54, 1.807) is 0 Å². The van der Waals surface area contributed by atoms with E-state index in [1.807, 2.05) is 18.2 Å². The Kier molecular flexibility index (Phi) is 7.81. The lowest BCUT2D eigenvalue weighted by molar-refractivity contribution is -0.125. The maximum atomic E-state index is 12.4. The van der Waals surface area contributed by atoms with Crippen molar-refractivity contribution in [3.05, 3.63) is 59.9 Å². The van der Waals surface area contributed by atoms with Crippen LogP contribution in [0.5, 0.6) is 5.75 Å². The van der Waals surface area contributed by atoms with Crippen LogP contribution in [0.4, 0.5) is 0 Å². The predicted molar refractivity (Wildman–Crippen MR) is 129 cm³/mol. The zero-order valence-corrected chi connectivity index (χ0v) is 19.2. The maximum Gasteiger partial charge on any atom is 0.223 e. The number of hydrogen-bond acceptors (Lipinski definition) is 3. The van der Waals surface area contributed by atoms with Gasteiger partial charge in [-0.2, -0.15) is 0 Å². The summed E-state index contributed by atoms with van der Waals surface area (Å²) in [5.41, 5.74) is 3.44. The van der Waals surface area contributed by atoms with Crippen molar-refractivity contribution < 1.29 is 9.53 Å². The summed E-state index contributed by atoms with van der Waals surface area (Å²) >= 11 is 0. The molecule has 0 saturated heterocycles. The van der Waals surface area contributed by atoms with Crippen LogP contribution < -0.4 is 10.1 Å². The minimum absolute atomic E-state index is 0.224. The van der Waals surface area contributed by atoms with E-state index < -0.39 is 0 Å². The molecule has 32 heavy (non-hydrogen) atoms. The summed E-state index contributed by atoms with van der Waals surface area (Å²) in [6.07, 6.45) is 8.43. The number of ether oxygens (including phenoxy) is 1. The Bertz CT molecular complexity index is 1000. The first-order valence-corrected chi connectivity index (χ1v) is 12.1. The fraction of sp³-hybridized carbons (Fsp3) is 0.481. The van der Waals surface area contributed by atoms with Gasteiger partial charge in [-0.1, -0.05) is 49.1 Å². The topological polar surface area (TPSA) is 56.1 Å². The van der Waals surface area contributed by atoms with E-state index in [-0.39, 0.29) is 11.8 Å². The van der Waals surface area contributed by atoms with Gasteiger partial charge in [0.05, 0.1) is 17.6 Å². The lowest BCUT2D eigenvalue weighted by Crippen LogP contribution is -2.32. The molecule has 0 aliphatic heterocycles. The summed E-state index contributed by atoms with van der Waals surface area (Å²) in [7, 11) is 0. The third kappa shape index (κ3) is 5.90. The molecule has 170 valence electrons. The molecule has 1 fully saturated rings. The highest BCUT2D eigenvalue weighted by Gasteiger charge is 2.20. The molecule has 3 aromatic rings. The van der Waals surface area contributed by atoms with Crippen molar-refractivity contribution in [2.75, 3.05) is 13.2 Å². The average molecular weight is 434 g/mol. The molecule has 0 atom stereocenters. The van der Waals surface area contributed by atoms with Crippen LogP contribution in [0.1, 0.15) is 56.3 Å². The van der Waals surface area contributed by atoms with Crippen LogP contribution >= 0.6 is 0 Å². The first-order valence-electron chi connectivity index (χ1n) is 12.1. The molecule has 0 unspecified atom stereocenters. The third-order valence-electron chi connectivity index (χ3n) is 6.40. The van der Waals surface area contributed by atoms with Crippen molar-refractivity contribution in [3.63, 3.8) is 0 Å². The fourth-order valence-corrected chi connectivity index (χ4v) is 4.58. The van der Waals surface area contributed by atoms with E-state index in [4.69, 9.17) is 9.72 Å². The van der Waals surface area contributed by atoms with Crippen LogP contribution in [0.25, 0.3) is 11.0 Å². The second-order valence-electron chi connectivity index (χ2n) is 8.91. The number of aryl methyl sites for hydroxylation is 3. The van der Waals surface area contributed by atoms with Gasteiger partial charge in [0, 0.05) is 25.4 Å². The predicted octanol–water partition coefficient (Wildman–Crippen LogP) is 5.44. The third-order valence-corrected chi connectivity index (χ3v) is 6.40. The largest absolute Gasteiger partial charge is 0.494 e. The van der Waals surface area contributed by atoms with Crippen molar-refractivity contribution in [1.29, 1.82) is 0 Å². The molecule has 1 aromatic heterocycles. The molecule has 5 nitrogen and oxygen atoms in total. The van der Waals surface area contributed by atoms with Gasteiger partial charge in [0.25, 0.3) is 0 Å². The minimum Gasteiger partial charge on any atom is -0.494 e. The van der Waals surface area contributed by atoms with Gasteiger partial charge < -0.3 is 14.6 Å². The van der Waals surface area contributed by atoms with E-state index in [1.165, 1.54) is 30.3 Å². The van der Waals surface area contributed by atoms with Crippen molar-refractivity contribution in [2.24, 2.45) is 5.92 Å². The molecule has 5 heteroatoms. The van der Waals surface area contributed by atoms with Crippen LogP contribution in [0.3, 0.4) is 0 Å². The molecule has 1 N–H and O–H groups in total. The molecular weight excluding hydrogens is 398 g/mol. The highest BCUT2D eigenvalue weighted by Crippen LogP contribution is 2.23. The number of hydrogen-bond donors (Lipinski definition) is 1. The first kappa shape index (κ1) is 22.4. The Morgan fingerprint density at radius 3 is 2.66 bits per heavy atom. The summed E-state index contributed by atoms with van der Waals surface area (Å²) in [4.78, 5) is 17.3. The minimum atomic E-state index is 0.224. The summed E-state index contributed by atoms with van der Waals surface area (Å²) in [6, 6.07) is 16.5. The summed E-state index contributed by atoms with van der Waals surface area (Å²) in [5, 5.41) is 3.15. The Morgan fingerprint density at radius 1 is 1.06 bits per heavy atom. The fourth-order valence-electron chi connectivity index (χ4n) is 4.58. The lowest BCUT2D eigenvalue weighted by Gasteiger charge is -2.20. The molecule has 1 aliphatic rings.